The Balaban J connectivity index is 0.000000186. The van der Waals surface area contributed by atoms with E-state index in [1.54, 1.807) is 27.7 Å². The minimum Gasteiger partial charge on any atom is -0.490 e. The lowest BCUT2D eigenvalue weighted by Gasteiger charge is -2.14. The average molecular weight is 1030 g/mol. The molecule has 18 nitrogen and oxygen atoms in total. The maximum absolute atomic E-state index is 11.5. The number of carbonyl (C=O) groups is 4. The first-order chi connectivity index (χ1) is 36.2. The monoisotopic (exact) mass is 1020 g/mol. The predicted molar refractivity (Wildman–Crippen MR) is 289 cm³/mol. The van der Waals surface area contributed by atoms with Crippen LogP contribution in [0.5, 0.6) is 11.5 Å². The summed E-state index contributed by atoms with van der Waals surface area (Å²) in [7, 11) is 0. The standard InChI is InChI=1S/C16H19NO4.C15H17NO4.2C13H14N2O2/c1-12(2)16(18)21-11-10-19-14-6-4-13(5-7-14)15-17-8-3-9-20-15;1-11(2)15(17)20-10-9-18-13-5-3-12(4-6-13)14-16-7-8-19-14;1-9(2)12(16)15-11-5-3-10(4-6-11)13-14-7-8-17-13;1-9(2)12(16)15-11-5-3-4-10(8-11)13-14-6-7-17-13/h4-7H,1,3,8-11H2,2H3;3-6H,1,7-10H2,2H3;3-6H,1,7-8H2,2H3,(H,15,16);3-5,8H,1,6-7H2,2H3,(H,15,16). The van der Waals surface area contributed by atoms with E-state index < -0.39 is 11.9 Å². The minimum absolute atomic E-state index is 0.174. The van der Waals surface area contributed by atoms with Crippen LogP contribution in [-0.2, 0) is 47.6 Å². The van der Waals surface area contributed by atoms with E-state index in [4.69, 9.17) is 37.9 Å². The summed E-state index contributed by atoms with van der Waals surface area (Å²) < 4.78 is 42.4. The molecule has 0 unspecified atom stereocenters. The summed E-state index contributed by atoms with van der Waals surface area (Å²) in [6, 6.07) is 29.7. The van der Waals surface area contributed by atoms with Crippen LogP contribution in [0.3, 0.4) is 0 Å². The van der Waals surface area contributed by atoms with Gasteiger partial charge in [0.05, 0.1) is 26.2 Å². The van der Waals surface area contributed by atoms with Crippen LogP contribution in [0.25, 0.3) is 0 Å². The molecule has 0 bridgehead atoms. The van der Waals surface area contributed by atoms with Gasteiger partial charge >= 0.3 is 11.9 Å². The molecular formula is C57H64N6O12. The Hall–Kier alpha value is -8.80. The molecule has 8 rings (SSSR count). The Morgan fingerprint density at radius 2 is 0.840 bits per heavy atom. The maximum atomic E-state index is 11.5. The Labute approximate surface area is 437 Å². The highest BCUT2D eigenvalue weighted by Gasteiger charge is 2.14. The molecule has 0 spiro atoms. The normalized spacial score (nSPS) is 13.7. The van der Waals surface area contributed by atoms with Crippen LogP contribution in [0.2, 0.25) is 0 Å². The molecule has 0 saturated heterocycles. The largest absolute Gasteiger partial charge is 0.490 e. The number of ether oxygens (including phenoxy) is 8. The van der Waals surface area contributed by atoms with Gasteiger partial charge < -0.3 is 48.5 Å². The number of amides is 2. The van der Waals surface area contributed by atoms with Crippen LogP contribution in [0.15, 0.2) is 166 Å². The Morgan fingerprint density at radius 1 is 0.453 bits per heavy atom. The SMILES string of the molecule is C=C(C)C(=O)Nc1ccc(C2=NCCO2)cc1.C=C(C)C(=O)Nc1cccc(C2=NCCO2)c1.C=C(C)C(=O)OCCOc1ccc(C2=NCCCO2)cc1.C=C(C)C(=O)OCCOc1ccc(C2=NCCO2)cc1. The van der Waals surface area contributed by atoms with Gasteiger partial charge in [-0.25, -0.2) is 24.6 Å². The molecule has 2 amide bonds. The number of nitrogens with zero attached hydrogens (tertiary/aromatic N) is 4. The van der Waals surface area contributed by atoms with Gasteiger partial charge in [-0.3, -0.25) is 14.6 Å². The van der Waals surface area contributed by atoms with Crippen molar-refractivity contribution in [2.45, 2.75) is 34.1 Å². The summed E-state index contributed by atoms with van der Waals surface area (Å²) in [4.78, 5) is 62.2. The van der Waals surface area contributed by atoms with Crippen molar-refractivity contribution in [1.29, 1.82) is 0 Å². The molecule has 4 aromatic rings. The van der Waals surface area contributed by atoms with E-state index in [0.717, 1.165) is 40.9 Å². The molecule has 0 aliphatic carbocycles. The first-order valence-electron chi connectivity index (χ1n) is 24.1. The quantitative estimate of drug-likeness (QED) is 0.0547. The van der Waals surface area contributed by atoms with Crippen molar-refractivity contribution in [1.82, 2.24) is 0 Å². The van der Waals surface area contributed by atoms with E-state index in [2.05, 4.69) is 56.9 Å². The smallest absolute Gasteiger partial charge is 0.333 e. The zero-order valence-corrected chi connectivity index (χ0v) is 42.9. The van der Waals surface area contributed by atoms with Crippen molar-refractivity contribution in [3.8, 4) is 11.5 Å². The number of nitrogens with one attached hydrogen (secondary N) is 2. The Kier molecular flexibility index (Phi) is 23.1. The van der Waals surface area contributed by atoms with Crippen molar-refractivity contribution in [3.63, 3.8) is 0 Å². The van der Waals surface area contributed by atoms with Crippen LogP contribution < -0.4 is 20.1 Å². The molecule has 4 heterocycles. The first kappa shape index (κ1) is 57.1. The van der Waals surface area contributed by atoms with Crippen LogP contribution in [0, 0.1) is 0 Å². The van der Waals surface area contributed by atoms with Crippen molar-refractivity contribution in [3.05, 3.63) is 168 Å². The fraction of sp³-hybridized carbons (Fsp3) is 0.298. The van der Waals surface area contributed by atoms with E-state index in [0.29, 0.717) is 122 Å². The van der Waals surface area contributed by atoms with Gasteiger partial charge in [0.15, 0.2) is 0 Å². The second-order valence-electron chi connectivity index (χ2n) is 16.7. The molecule has 0 atom stereocenters. The van der Waals surface area contributed by atoms with Crippen molar-refractivity contribution >= 4 is 58.7 Å². The van der Waals surface area contributed by atoms with Gasteiger partial charge in [-0.05, 0) is 119 Å². The van der Waals surface area contributed by atoms with Gasteiger partial charge in [0.1, 0.15) is 57.7 Å². The minimum atomic E-state index is -0.402. The highest BCUT2D eigenvalue weighted by Crippen LogP contribution is 2.18. The summed E-state index contributed by atoms with van der Waals surface area (Å²) in [5.74, 6) is 2.92. The van der Waals surface area contributed by atoms with Crippen molar-refractivity contribution in [2.24, 2.45) is 20.0 Å². The lowest BCUT2D eigenvalue weighted by Crippen LogP contribution is -2.14. The number of hydrogen-bond donors (Lipinski definition) is 2. The summed E-state index contributed by atoms with van der Waals surface area (Å²) in [5, 5.41) is 5.50. The third kappa shape index (κ3) is 20.0. The predicted octanol–water partition coefficient (Wildman–Crippen LogP) is 8.27. The fourth-order valence-corrected chi connectivity index (χ4v) is 6.29. The van der Waals surface area contributed by atoms with E-state index in [1.807, 2.05) is 97.1 Å². The van der Waals surface area contributed by atoms with Crippen LogP contribution in [0.4, 0.5) is 11.4 Å². The van der Waals surface area contributed by atoms with Gasteiger partial charge in [0.25, 0.3) is 11.8 Å². The summed E-state index contributed by atoms with van der Waals surface area (Å²) >= 11 is 0. The third-order valence-corrected chi connectivity index (χ3v) is 10.2. The molecule has 18 heteroatoms. The van der Waals surface area contributed by atoms with Gasteiger partial charge in [-0.1, -0.05) is 32.4 Å². The third-order valence-electron chi connectivity index (χ3n) is 10.2. The molecule has 75 heavy (non-hydrogen) atoms. The molecule has 4 aliphatic rings. The number of benzene rings is 4. The van der Waals surface area contributed by atoms with Gasteiger partial charge in [0.2, 0.25) is 23.6 Å². The fourth-order valence-electron chi connectivity index (χ4n) is 6.29. The topological polar surface area (TPSA) is 216 Å². The number of anilines is 2. The average Bonchev–Trinajstić information content (AvgIpc) is 4.27. The summed E-state index contributed by atoms with van der Waals surface area (Å²) in [6.07, 6.45) is 0.966. The Morgan fingerprint density at radius 3 is 1.21 bits per heavy atom. The van der Waals surface area contributed by atoms with Crippen LogP contribution >= 0.6 is 0 Å². The molecule has 394 valence electrons. The van der Waals surface area contributed by atoms with E-state index in [9.17, 15) is 19.2 Å². The molecular weight excluding hydrogens is 961 g/mol. The number of aliphatic imine (C=N–C) groups is 4. The lowest BCUT2D eigenvalue weighted by molar-refractivity contribution is -0.140. The van der Waals surface area contributed by atoms with Crippen LogP contribution in [-0.4, -0.2) is 126 Å². The summed E-state index contributed by atoms with van der Waals surface area (Å²) in [5.41, 5.74) is 6.85. The van der Waals surface area contributed by atoms with Gasteiger partial charge in [-0.15, -0.1) is 0 Å². The van der Waals surface area contributed by atoms with Gasteiger partial charge in [-0.2, -0.15) is 0 Å². The van der Waals surface area contributed by atoms with Crippen molar-refractivity contribution in [2.75, 3.05) is 89.7 Å². The van der Waals surface area contributed by atoms with Crippen molar-refractivity contribution < 1.29 is 57.1 Å². The van der Waals surface area contributed by atoms with E-state index >= 15 is 0 Å². The zero-order valence-electron chi connectivity index (χ0n) is 42.9. The highest BCUT2D eigenvalue weighted by molar-refractivity contribution is 6.04. The molecule has 0 radical (unpaired) electrons. The lowest BCUT2D eigenvalue weighted by atomic mass is 10.2. The van der Waals surface area contributed by atoms with Crippen LogP contribution in [0.1, 0.15) is 56.4 Å². The molecule has 0 fully saturated rings. The summed E-state index contributed by atoms with van der Waals surface area (Å²) in [6.45, 7) is 27.3. The second-order valence-corrected chi connectivity index (χ2v) is 16.7. The second kappa shape index (κ2) is 30.3. The molecule has 0 aromatic heterocycles. The van der Waals surface area contributed by atoms with E-state index in [-0.39, 0.29) is 25.0 Å². The molecule has 4 aliphatic heterocycles. The number of rotatable bonds is 18. The molecule has 0 saturated carbocycles. The number of esters is 2. The maximum Gasteiger partial charge on any atom is 0.333 e. The molecule has 2 N–H and O–H groups in total. The van der Waals surface area contributed by atoms with E-state index in [1.165, 1.54) is 0 Å². The number of hydrogen-bond acceptors (Lipinski definition) is 16. The highest BCUT2D eigenvalue weighted by atomic mass is 16.6. The number of carbonyl (C=O) groups excluding carboxylic acids is 4. The molecule has 4 aromatic carbocycles. The first-order valence-corrected chi connectivity index (χ1v) is 24.1. The van der Waals surface area contributed by atoms with Gasteiger partial charge in [0, 0.05) is 68.9 Å². The zero-order chi connectivity index (χ0) is 54.0. The Bertz CT molecular complexity index is 2780.